The number of aromatic amines is 1. The highest BCUT2D eigenvalue weighted by atomic mass is 15.0. The molecule has 6 heteroatoms. The summed E-state index contributed by atoms with van der Waals surface area (Å²) >= 11 is 0. The van der Waals surface area contributed by atoms with Gasteiger partial charge < -0.3 is 16.0 Å². The Hall–Kier alpha value is -2.89. The molecule has 2 aromatic heterocycles. The van der Waals surface area contributed by atoms with Crippen LogP contribution in [-0.4, -0.2) is 27.7 Å². The van der Waals surface area contributed by atoms with Crippen LogP contribution >= 0.6 is 0 Å². The van der Waals surface area contributed by atoms with Gasteiger partial charge in [0, 0.05) is 29.7 Å². The van der Waals surface area contributed by atoms with E-state index in [2.05, 4.69) is 20.3 Å². The summed E-state index contributed by atoms with van der Waals surface area (Å²) in [6.45, 7) is 2.03. The monoisotopic (exact) mass is 280 g/mol. The van der Waals surface area contributed by atoms with Gasteiger partial charge in [0.15, 0.2) is 0 Å². The van der Waals surface area contributed by atoms with Crippen LogP contribution < -0.4 is 11.1 Å². The molecule has 3 aromatic rings. The number of fused-ring (bicyclic) bond motifs is 1. The van der Waals surface area contributed by atoms with E-state index in [9.17, 15) is 0 Å². The van der Waals surface area contributed by atoms with Gasteiger partial charge in [-0.25, -0.2) is 9.97 Å². The number of nitrogens with two attached hydrogens (primary N) is 1. The van der Waals surface area contributed by atoms with E-state index in [1.165, 1.54) is 6.33 Å². The van der Waals surface area contributed by atoms with Crippen LogP contribution in [0.4, 0.5) is 11.6 Å². The van der Waals surface area contributed by atoms with Gasteiger partial charge in [-0.15, -0.1) is 0 Å². The SMILES string of the molecule is CNc1ncnc(N)c1C(=N)c1ccc2[nH]cc(C)c2c1. The minimum absolute atomic E-state index is 0.297. The van der Waals surface area contributed by atoms with Gasteiger partial charge in [-0.1, -0.05) is 6.07 Å². The predicted molar refractivity (Wildman–Crippen MR) is 85.0 cm³/mol. The Morgan fingerprint density at radius 3 is 2.90 bits per heavy atom. The van der Waals surface area contributed by atoms with Gasteiger partial charge in [-0.3, -0.25) is 5.41 Å². The van der Waals surface area contributed by atoms with E-state index in [1.54, 1.807) is 7.05 Å². The second-order valence-corrected chi connectivity index (χ2v) is 4.84. The molecule has 0 fully saturated rings. The fraction of sp³-hybridized carbons (Fsp3) is 0.133. The van der Waals surface area contributed by atoms with Gasteiger partial charge in [0.1, 0.15) is 18.0 Å². The maximum atomic E-state index is 8.44. The van der Waals surface area contributed by atoms with Crippen molar-refractivity contribution in [1.29, 1.82) is 5.41 Å². The van der Waals surface area contributed by atoms with E-state index in [4.69, 9.17) is 11.1 Å². The number of rotatable bonds is 3. The highest BCUT2D eigenvalue weighted by Crippen LogP contribution is 2.24. The number of nitrogens with zero attached hydrogens (tertiary/aromatic N) is 2. The highest BCUT2D eigenvalue weighted by molar-refractivity contribution is 6.17. The Bertz CT molecular complexity index is 833. The van der Waals surface area contributed by atoms with Crippen LogP contribution in [0.5, 0.6) is 0 Å². The minimum Gasteiger partial charge on any atom is -0.383 e. The van der Waals surface area contributed by atoms with E-state index in [1.807, 2.05) is 31.3 Å². The van der Waals surface area contributed by atoms with Crippen molar-refractivity contribution in [2.45, 2.75) is 6.92 Å². The van der Waals surface area contributed by atoms with E-state index in [0.717, 1.165) is 22.0 Å². The molecule has 1 aromatic carbocycles. The molecule has 106 valence electrons. The van der Waals surface area contributed by atoms with E-state index in [-0.39, 0.29) is 0 Å². The molecule has 5 N–H and O–H groups in total. The molecule has 0 aliphatic rings. The molecule has 2 heterocycles. The summed E-state index contributed by atoms with van der Waals surface area (Å²) in [5.41, 5.74) is 9.72. The molecule has 0 saturated carbocycles. The second-order valence-electron chi connectivity index (χ2n) is 4.84. The molecular formula is C15H16N6. The quantitative estimate of drug-likeness (QED) is 0.553. The number of aryl methyl sites for hydroxylation is 1. The minimum atomic E-state index is 0.297. The third-order valence-electron chi connectivity index (χ3n) is 3.54. The summed E-state index contributed by atoms with van der Waals surface area (Å²) in [4.78, 5) is 11.3. The largest absolute Gasteiger partial charge is 0.383 e. The fourth-order valence-corrected chi connectivity index (χ4v) is 2.40. The number of hydrogen-bond acceptors (Lipinski definition) is 5. The van der Waals surface area contributed by atoms with Crippen LogP contribution in [0.3, 0.4) is 0 Å². The molecule has 0 bridgehead atoms. The van der Waals surface area contributed by atoms with Crippen molar-refractivity contribution < 1.29 is 0 Å². The average Bonchev–Trinajstić information content (AvgIpc) is 2.87. The number of hydrogen-bond donors (Lipinski definition) is 4. The zero-order valence-electron chi connectivity index (χ0n) is 11.9. The van der Waals surface area contributed by atoms with Gasteiger partial charge >= 0.3 is 0 Å². The molecule has 0 spiro atoms. The molecule has 0 radical (unpaired) electrons. The first-order chi connectivity index (χ1) is 10.1. The zero-order valence-corrected chi connectivity index (χ0v) is 11.9. The summed E-state index contributed by atoms with van der Waals surface area (Å²) in [5.74, 6) is 0.851. The van der Waals surface area contributed by atoms with Crippen molar-refractivity contribution in [3.05, 3.63) is 47.4 Å². The standard InChI is InChI=1S/C15H16N6/c1-8-6-19-11-4-3-9(5-10(8)11)13(16)12-14(17)20-7-21-15(12)18-2/h3-7,16,19H,1-2H3,(H3,17,18,20,21). The molecule has 6 nitrogen and oxygen atoms in total. The smallest absolute Gasteiger partial charge is 0.140 e. The van der Waals surface area contributed by atoms with Crippen LogP contribution in [0.15, 0.2) is 30.7 Å². The molecule has 0 atom stereocenters. The Kier molecular flexibility index (Phi) is 3.06. The van der Waals surface area contributed by atoms with Crippen molar-refractivity contribution in [1.82, 2.24) is 15.0 Å². The van der Waals surface area contributed by atoms with Crippen molar-refractivity contribution >= 4 is 28.3 Å². The molecule has 0 unspecified atom stereocenters. The lowest BCUT2D eigenvalue weighted by atomic mass is 10.0. The second kappa shape index (κ2) is 4.90. The summed E-state index contributed by atoms with van der Waals surface area (Å²) in [7, 11) is 1.75. The predicted octanol–water partition coefficient (Wildman–Crippen LogP) is 2.31. The Labute approximate surface area is 121 Å². The van der Waals surface area contributed by atoms with Gasteiger partial charge in [0.05, 0.1) is 11.3 Å². The number of nitrogen functional groups attached to an aromatic ring is 1. The summed E-state index contributed by atoms with van der Waals surface area (Å²) in [6, 6.07) is 5.84. The topological polar surface area (TPSA) is 103 Å². The molecule has 3 rings (SSSR count). The Morgan fingerprint density at radius 1 is 1.33 bits per heavy atom. The molecule has 0 saturated heterocycles. The van der Waals surface area contributed by atoms with Gasteiger partial charge in [-0.2, -0.15) is 0 Å². The van der Waals surface area contributed by atoms with Crippen molar-refractivity contribution in [3.8, 4) is 0 Å². The van der Waals surface area contributed by atoms with E-state index >= 15 is 0 Å². The summed E-state index contributed by atoms with van der Waals surface area (Å²) in [5, 5.41) is 12.5. The van der Waals surface area contributed by atoms with Crippen molar-refractivity contribution in [2.24, 2.45) is 0 Å². The maximum absolute atomic E-state index is 8.44. The summed E-state index contributed by atoms with van der Waals surface area (Å²) < 4.78 is 0. The van der Waals surface area contributed by atoms with Gasteiger partial charge in [-0.05, 0) is 24.6 Å². The lowest BCUT2D eigenvalue weighted by Gasteiger charge is -2.11. The highest BCUT2D eigenvalue weighted by Gasteiger charge is 2.16. The number of aromatic nitrogens is 3. The number of nitrogens with one attached hydrogen (secondary N) is 3. The van der Waals surface area contributed by atoms with E-state index in [0.29, 0.717) is 22.9 Å². The zero-order chi connectivity index (χ0) is 15.0. The first-order valence-corrected chi connectivity index (χ1v) is 6.57. The van der Waals surface area contributed by atoms with Crippen LogP contribution in [0.25, 0.3) is 10.9 Å². The Morgan fingerprint density at radius 2 is 2.14 bits per heavy atom. The number of benzene rings is 1. The maximum Gasteiger partial charge on any atom is 0.140 e. The fourth-order valence-electron chi connectivity index (χ4n) is 2.40. The lowest BCUT2D eigenvalue weighted by Crippen LogP contribution is -2.12. The normalized spacial score (nSPS) is 10.8. The van der Waals surface area contributed by atoms with Crippen LogP contribution in [0.1, 0.15) is 16.7 Å². The third kappa shape index (κ3) is 2.10. The first-order valence-electron chi connectivity index (χ1n) is 6.57. The number of anilines is 2. The van der Waals surface area contributed by atoms with Crippen molar-refractivity contribution in [2.75, 3.05) is 18.1 Å². The molecule has 0 amide bonds. The lowest BCUT2D eigenvalue weighted by molar-refractivity contribution is 1.15. The van der Waals surface area contributed by atoms with Gasteiger partial charge in [0.2, 0.25) is 0 Å². The summed E-state index contributed by atoms with van der Waals surface area (Å²) in [6.07, 6.45) is 3.34. The van der Waals surface area contributed by atoms with Crippen molar-refractivity contribution in [3.63, 3.8) is 0 Å². The van der Waals surface area contributed by atoms with Crippen LogP contribution in [0.2, 0.25) is 0 Å². The molecular weight excluding hydrogens is 264 g/mol. The van der Waals surface area contributed by atoms with Gasteiger partial charge in [0.25, 0.3) is 0 Å². The van der Waals surface area contributed by atoms with E-state index < -0.39 is 0 Å². The molecule has 0 aliphatic heterocycles. The Balaban J connectivity index is 2.14. The van der Waals surface area contributed by atoms with Crippen LogP contribution in [0, 0.1) is 12.3 Å². The average molecular weight is 280 g/mol. The molecule has 21 heavy (non-hydrogen) atoms. The third-order valence-corrected chi connectivity index (χ3v) is 3.54. The number of H-pyrrole nitrogens is 1. The van der Waals surface area contributed by atoms with Crippen LogP contribution in [-0.2, 0) is 0 Å². The first kappa shape index (κ1) is 13.1. The molecule has 0 aliphatic carbocycles.